The van der Waals surface area contributed by atoms with E-state index in [1.54, 1.807) is 16.3 Å². The van der Waals surface area contributed by atoms with Gasteiger partial charge in [-0.05, 0) is 36.2 Å². The molecule has 154 valence electrons. The number of thioether (sulfide) groups is 2. The van der Waals surface area contributed by atoms with E-state index in [0.29, 0.717) is 11.7 Å². The van der Waals surface area contributed by atoms with Crippen LogP contribution in [-0.2, 0) is 17.6 Å². The van der Waals surface area contributed by atoms with Crippen molar-refractivity contribution in [1.82, 2.24) is 14.9 Å². The molecule has 0 bridgehead atoms. The van der Waals surface area contributed by atoms with E-state index in [1.807, 2.05) is 54.6 Å². The Balaban J connectivity index is 1.48. The Bertz CT molecular complexity index is 1100. The SMILES string of the molecule is O=C(CSc1nc2c(c(=O)n1-c1ccc(Br)cc1)SCC2)NCCc1ccccc1. The molecule has 2 aromatic carbocycles. The molecule has 5 nitrogen and oxygen atoms in total. The molecule has 0 spiro atoms. The van der Waals surface area contributed by atoms with Crippen molar-refractivity contribution in [2.24, 2.45) is 0 Å². The fourth-order valence-corrected chi connectivity index (χ4v) is 5.33. The second-order valence-electron chi connectivity index (χ2n) is 6.76. The summed E-state index contributed by atoms with van der Waals surface area (Å²) in [5.41, 5.74) is 2.72. The summed E-state index contributed by atoms with van der Waals surface area (Å²) in [5, 5.41) is 3.51. The molecule has 1 amide bonds. The number of hydrogen-bond acceptors (Lipinski definition) is 5. The van der Waals surface area contributed by atoms with Crippen LogP contribution in [0.5, 0.6) is 0 Å². The van der Waals surface area contributed by atoms with Crippen molar-refractivity contribution in [2.45, 2.75) is 22.9 Å². The molecule has 4 rings (SSSR count). The molecule has 8 heteroatoms. The molecule has 0 saturated heterocycles. The summed E-state index contributed by atoms with van der Waals surface area (Å²) in [6.45, 7) is 0.581. The first kappa shape index (κ1) is 21.2. The minimum absolute atomic E-state index is 0.0585. The van der Waals surface area contributed by atoms with Crippen LogP contribution in [0.3, 0.4) is 0 Å². The van der Waals surface area contributed by atoms with E-state index in [9.17, 15) is 9.59 Å². The molecule has 1 aromatic heterocycles. The van der Waals surface area contributed by atoms with Crippen molar-refractivity contribution in [3.05, 3.63) is 80.7 Å². The Labute approximate surface area is 191 Å². The summed E-state index contributed by atoms with van der Waals surface area (Å²) in [7, 11) is 0. The van der Waals surface area contributed by atoms with Crippen molar-refractivity contribution < 1.29 is 4.79 Å². The summed E-state index contributed by atoms with van der Waals surface area (Å²) >= 11 is 6.28. The van der Waals surface area contributed by atoms with Crippen LogP contribution in [-0.4, -0.2) is 33.5 Å². The van der Waals surface area contributed by atoms with E-state index in [1.165, 1.54) is 17.3 Å². The molecule has 0 saturated carbocycles. The summed E-state index contributed by atoms with van der Waals surface area (Å²) < 4.78 is 2.56. The third kappa shape index (κ3) is 4.99. The highest BCUT2D eigenvalue weighted by atomic mass is 79.9. The van der Waals surface area contributed by atoms with Gasteiger partial charge in [-0.2, -0.15) is 0 Å². The maximum atomic E-state index is 13.1. The normalized spacial score (nSPS) is 12.6. The largest absolute Gasteiger partial charge is 0.355 e. The van der Waals surface area contributed by atoms with Gasteiger partial charge in [0.2, 0.25) is 5.91 Å². The summed E-state index contributed by atoms with van der Waals surface area (Å²) in [5.74, 6) is 1.01. The molecule has 1 N–H and O–H groups in total. The molecule has 30 heavy (non-hydrogen) atoms. The molecule has 0 atom stereocenters. The van der Waals surface area contributed by atoms with Gasteiger partial charge in [0.05, 0.1) is 22.0 Å². The quantitative estimate of drug-likeness (QED) is 0.390. The van der Waals surface area contributed by atoms with Crippen LogP contribution < -0.4 is 10.9 Å². The first-order chi connectivity index (χ1) is 14.6. The number of nitrogens with one attached hydrogen (secondary N) is 1. The Hall–Kier alpha value is -2.03. The van der Waals surface area contributed by atoms with Gasteiger partial charge in [-0.1, -0.05) is 58.0 Å². The summed E-state index contributed by atoms with van der Waals surface area (Å²) in [6, 6.07) is 17.6. The van der Waals surface area contributed by atoms with Crippen molar-refractivity contribution in [3.63, 3.8) is 0 Å². The number of benzene rings is 2. The van der Waals surface area contributed by atoms with Crippen LogP contribution in [0.1, 0.15) is 11.3 Å². The Kier molecular flexibility index (Phi) is 6.97. The Morgan fingerprint density at radius 2 is 1.93 bits per heavy atom. The molecule has 2 heterocycles. The molecule has 1 aliphatic heterocycles. The minimum atomic E-state index is -0.0672. The van der Waals surface area contributed by atoms with Gasteiger partial charge in [0.25, 0.3) is 5.56 Å². The number of nitrogens with zero attached hydrogens (tertiary/aromatic N) is 2. The van der Waals surface area contributed by atoms with E-state index in [0.717, 1.165) is 39.3 Å². The maximum Gasteiger partial charge on any atom is 0.272 e. The smallest absolute Gasteiger partial charge is 0.272 e. The predicted molar refractivity (Wildman–Crippen MR) is 126 cm³/mol. The van der Waals surface area contributed by atoms with E-state index in [4.69, 9.17) is 4.98 Å². The number of halogens is 1. The number of carbonyl (C=O) groups excluding carboxylic acids is 1. The number of fused-ring (bicyclic) bond motifs is 1. The average Bonchev–Trinajstić information content (AvgIpc) is 3.23. The number of hydrogen-bond donors (Lipinski definition) is 1. The number of carbonyl (C=O) groups is 1. The van der Waals surface area contributed by atoms with Crippen LogP contribution in [0.4, 0.5) is 0 Å². The van der Waals surface area contributed by atoms with Gasteiger partial charge in [-0.3, -0.25) is 14.2 Å². The topological polar surface area (TPSA) is 64.0 Å². The second kappa shape index (κ2) is 9.85. The molecule has 1 aliphatic rings. The summed E-state index contributed by atoms with van der Waals surface area (Å²) in [6.07, 6.45) is 1.57. The lowest BCUT2D eigenvalue weighted by Crippen LogP contribution is -2.28. The second-order valence-corrected chi connectivity index (χ2v) is 9.72. The van der Waals surface area contributed by atoms with E-state index in [2.05, 4.69) is 21.2 Å². The van der Waals surface area contributed by atoms with Gasteiger partial charge in [-0.25, -0.2) is 4.98 Å². The van der Waals surface area contributed by atoms with Gasteiger partial charge in [0.15, 0.2) is 5.16 Å². The van der Waals surface area contributed by atoms with Crippen LogP contribution in [0.2, 0.25) is 0 Å². The van der Waals surface area contributed by atoms with Crippen LogP contribution in [0.15, 0.2) is 73.9 Å². The lowest BCUT2D eigenvalue weighted by molar-refractivity contribution is -0.118. The number of aryl methyl sites for hydroxylation is 1. The van der Waals surface area contributed by atoms with E-state index in [-0.39, 0.29) is 17.2 Å². The van der Waals surface area contributed by atoms with Crippen molar-refractivity contribution >= 4 is 45.4 Å². The van der Waals surface area contributed by atoms with Crippen LogP contribution >= 0.6 is 39.5 Å². The van der Waals surface area contributed by atoms with Crippen molar-refractivity contribution in [3.8, 4) is 5.69 Å². The molecule has 0 radical (unpaired) electrons. The fraction of sp³-hybridized carbons (Fsp3) is 0.227. The van der Waals surface area contributed by atoms with Gasteiger partial charge in [0.1, 0.15) is 0 Å². The first-order valence-corrected chi connectivity index (χ1v) is 12.4. The van der Waals surface area contributed by atoms with Crippen LogP contribution in [0.25, 0.3) is 5.69 Å². The highest BCUT2D eigenvalue weighted by Gasteiger charge is 2.23. The van der Waals surface area contributed by atoms with Crippen molar-refractivity contribution in [2.75, 3.05) is 18.1 Å². The zero-order valence-electron chi connectivity index (χ0n) is 16.1. The summed E-state index contributed by atoms with van der Waals surface area (Å²) in [4.78, 5) is 30.9. The fourth-order valence-electron chi connectivity index (χ4n) is 3.18. The number of rotatable bonds is 7. The van der Waals surface area contributed by atoms with Crippen LogP contribution in [0, 0.1) is 0 Å². The van der Waals surface area contributed by atoms with Crippen molar-refractivity contribution in [1.29, 1.82) is 0 Å². The highest BCUT2D eigenvalue weighted by molar-refractivity contribution is 9.10. The molecule has 3 aromatic rings. The monoisotopic (exact) mass is 501 g/mol. The Morgan fingerprint density at radius 3 is 2.70 bits per heavy atom. The first-order valence-electron chi connectivity index (χ1n) is 9.60. The molecule has 0 aliphatic carbocycles. The van der Waals surface area contributed by atoms with E-state index >= 15 is 0 Å². The van der Waals surface area contributed by atoms with Gasteiger partial charge < -0.3 is 5.32 Å². The van der Waals surface area contributed by atoms with E-state index < -0.39 is 0 Å². The van der Waals surface area contributed by atoms with Gasteiger partial charge in [-0.15, -0.1) is 11.8 Å². The zero-order valence-corrected chi connectivity index (χ0v) is 19.4. The lowest BCUT2D eigenvalue weighted by Gasteiger charge is -2.14. The predicted octanol–water partition coefficient (Wildman–Crippen LogP) is 4.09. The van der Waals surface area contributed by atoms with Gasteiger partial charge in [0, 0.05) is 23.2 Å². The maximum absolute atomic E-state index is 13.1. The minimum Gasteiger partial charge on any atom is -0.355 e. The number of aromatic nitrogens is 2. The third-order valence-electron chi connectivity index (χ3n) is 4.66. The molecular formula is C22H20BrN3O2S2. The van der Waals surface area contributed by atoms with Gasteiger partial charge >= 0.3 is 0 Å². The molecular weight excluding hydrogens is 482 g/mol. The standard InChI is InChI=1S/C22H20BrN3O2S2/c23-16-6-8-17(9-7-16)26-21(28)20-18(11-13-29-20)25-22(26)30-14-19(27)24-12-10-15-4-2-1-3-5-15/h1-9H,10-14H2,(H,24,27). The third-order valence-corrected chi connectivity index (χ3v) is 7.24. The number of amides is 1. The molecule has 0 fully saturated rings. The lowest BCUT2D eigenvalue weighted by atomic mass is 10.1. The highest BCUT2D eigenvalue weighted by Crippen LogP contribution is 2.30. The zero-order chi connectivity index (χ0) is 20.9. The molecule has 0 unspecified atom stereocenters. The Morgan fingerprint density at radius 1 is 1.17 bits per heavy atom. The average molecular weight is 502 g/mol.